The third-order valence-corrected chi connectivity index (χ3v) is 5.01. The van der Waals surface area contributed by atoms with Crippen molar-refractivity contribution in [1.29, 1.82) is 0 Å². The molecule has 0 unspecified atom stereocenters. The Bertz CT molecular complexity index is 964. The van der Waals surface area contributed by atoms with Gasteiger partial charge in [0.15, 0.2) is 0 Å². The van der Waals surface area contributed by atoms with Gasteiger partial charge in [0.05, 0.1) is 16.7 Å². The van der Waals surface area contributed by atoms with Gasteiger partial charge in [0, 0.05) is 23.3 Å². The van der Waals surface area contributed by atoms with Crippen molar-refractivity contribution in [3.63, 3.8) is 0 Å². The van der Waals surface area contributed by atoms with Crippen LogP contribution < -0.4 is 0 Å². The second-order valence-electron chi connectivity index (χ2n) is 6.38. The topological polar surface area (TPSA) is 17.3 Å². The van der Waals surface area contributed by atoms with Crippen LogP contribution in [0, 0.1) is 0 Å². The summed E-state index contributed by atoms with van der Waals surface area (Å²) >= 11 is 0. The SMILES string of the molecule is c1ccc2c3ccn4cc5c(cc4c-3nc2c1)CCCCC5. The molecule has 0 atom stereocenters. The molecular weight excluding hydrogens is 268 g/mol. The lowest BCUT2D eigenvalue weighted by Gasteiger charge is -2.12. The molecule has 5 rings (SSSR count). The first-order valence-electron chi connectivity index (χ1n) is 8.21. The molecule has 2 aliphatic heterocycles. The molecule has 0 bridgehead atoms. The minimum absolute atomic E-state index is 1.10. The highest BCUT2D eigenvalue weighted by molar-refractivity contribution is 6.01. The Labute approximate surface area is 129 Å². The largest absolute Gasteiger partial charge is 0.322 e. The molecule has 2 heteroatoms. The predicted octanol–water partition coefficient (Wildman–Crippen LogP) is 4.86. The smallest absolute Gasteiger partial charge is 0.0957 e. The summed E-state index contributed by atoms with van der Waals surface area (Å²) < 4.78 is 2.26. The number of hydrogen-bond donors (Lipinski definition) is 0. The highest BCUT2D eigenvalue weighted by Gasteiger charge is 2.16. The van der Waals surface area contributed by atoms with Crippen LogP contribution in [-0.4, -0.2) is 9.38 Å². The van der Waals surface area contributed by atoms with Gasteiger partial charge >= 0.3 is 0 Å². The summed E-state index contributed by atoms with van der Waals surface area (Å²) in [6.45, 7) is 0. The first kappa shape index (κ1) is 12.2. The molecule has 0 radical (unpaired) electrons. The van der Waals surface area contributed by atoms with Gasteiger partial charge in [0.2, 0.25) is 0 Å². The summed E-state index contributed by atoms with van der Waals surface area (Å²) in [4.78, 5) is 4.89. The first-order valence-corrected chi connectivity index (χ1v) is 8.21. The average Bonchev–Trinajstić information content (AvgIpc) is 2.78. The molecule has 3 aliphatic rings. The maximum atomic E-state index is 4.89. The standard InChI is InChI=1S/C20H18N2/c1-2-6-14-12-19-20-17(16-8-4-5-9-18(16)21-20)10-11-22(19)13-15(14)7-3-1/h4-5,8-13H,1-3,6-7H2. The highest BCUT2D eigenvalue weighted by atomic mass is 14.9. The molecule has 1 aliphatic carbocycles. The van der Waals surface area contributed by atoms with Crippen LogP contribution in [-0.2, 0) is 12.8 Å². The van der Waals surface area contributed by atoms with E-state index in [1.165, 1.54) is 59.7 Å². The summed E-state index contributed by atoms with van der Waals surface area (Å²) in [5, 5.41) is 1.26. The maximum absolute atomic E-state index is 4.89. The zero-order valence-corrected chi connectivity index (χ0v) is 12.5. The third-order valence-electron chi connectivity index (χ3n) is 5.01. The predicted molar refractivity (Wildman–Crippen MR) is 90.6 cm³/mol. The number of aromatic nitrogens is 2. The normalized spacial score (nSPS) is 15.3. The fourth-order valence-corrected chi connectivity index (χ4v) is 3.86. The van der Waals surface area contributed by atoms with E-state index in [4.69, 9.17) is 4.98 Å². The van der Waals surface area contributed by atoms with Gasteiger partial charge in [-0.1, -0.05) is 24.6 Å². The van der Waals surface area contributed by atoms with E-state index in [-0.39, 0.29) is 0 Å². The summed E-state index contributed by atoms with van der Waals surface area (Å²) in [5.41, 5.74) is 7.79. The number of aryl methyl sites for hydroxylation is 2. The molecule has 2 aromatic rings. The molecular formula is C20H18N2. The molecule has 0 spiro atoms. The Kier molecular flexibility index (Phi) is 2.54. The van der Waals surface area contributed by atoms with Crippen LogP contribution >= 0.6 is 0 Å². The summed E-state index contributed by atoms with van der Waals surface area (Å²) in [6, 6.07) is 13.0. The van der Waals surface area contributed by atoms with Crippen molar-refractivity contribution in [3.8, 4) is 11.3 Å². The van der Waals surface area contributed by atoms with Gasteiger partial charge < -0.3 is 4.40 Å². The minimum atomic E-state index is 1.10. The fourth-order valence-electron chi connectivity index (χ4n) is 3.86. The van der Waals surface area contributed by atoms with Crippen LogP contribution in [0.2, 0.25) is 0 Å². The van der Waals surface area contributed by atoms with Gasteiger partial charge in [-0.25, -0.2) is 4.98 Å². The highest BCUT2D eigenvalue weighted by Crippen LogP contribution is 2.35. The number of nitrogens with zero attached hydrogens (tertiary/aromatic N) is 2. The van der Waals surface area contributed by atoms with Gasteiger partial charge in [-0.05, 0) is 55.0 Å². The van der Waals surface area contributed by atoms with Crippen LogP contribution in [0.4, 0.5) is 0 Å². The Morgan fingerprint density at radius 2 is 1.77 bits per heavy atom. The van der Waals surface area contributed by atoms with E-state index >= 15 is 0 Å². The summed E-state index contributed by atoms with van der Waals surface area (Å²) in [5.74, 6) is 0. The van der Waals surface area contributed by atoms with E-state index in [0.29, 0.717) is 0 Å². The van der Waals surface area contributed by atoms with E-state index < -0.39 is 0 Å². The Morgan fingerprint density at radius 1 is 0.909 bits per heavy atom. The molecule has 1 aromatic heterocycles. The minimum Gasteiger partial charge on any atom is -0.322 e. The van der Waals surface area contributed by atoms with E-state index in [1.807, 2.05) is 0 Å². The van der Waals surface area contributed by atoms with Crippen molar-refractivity contribution in [3.05, 3.63) is 59.9 Å². The molecule has 1 aromatic carbocycles. The lowest BCUT2D eigenvalue weighted by atomic mass is 10.0. The number of rotatable bonds is 0. The number of benzene rings is 1. The van der Waals surface area contributed by atoms with E-state index in [9.17, 15) is 0 Å². The lowest BCUT2D eigenvalue weighted by molar-refractivity contribution is 0.711. The van der Waals surface area contributed by atoms with Gasteiger partial charge in [0.1, 0.15) is 0 Å². The number of para-hydroxylation sites is 1. The van der Waals surface area contributed by atoms with Crippen LogP contribution in [0.5, 0.6) is 0 Å². The van der Waals surface area contributed by atoms with Crippen LogP contribution in [0.3, 0.4) is 0 Å². The van der Waals surface area contributed by atoms with E-state index in [2.05, 4.69) is 53.2 Å². The molecule has 0 saturated carbocycles. The number of fused-ring (bicyclic) bond motifs is 6. The fraction of sp³-hybridized carbons (Fsp3) is 0.250. The lowest BCUT2D eigenvalue weighted by Crippen LogP contribution is -1.99. The van der Waals surface area contributed by atoms with Crippen LogP contribution in [0.25, 0.3) is 27.7 Å². The zero-order chi connectivity index (χ0) is 14.5. The monoisotopic (exact) mass is 286 g/mol. The molecule has 3 heterocycles. The second kappa shape index (κ2) is 4.57. The number of hydrogen-bond acceptors (Lipinski definition) is 1. The Hall–Kier alpha value is -2.35. The maximum Gasteiger partial charge on any atom is 0.0957 e. The quantitative estimate of drug-likeness (QED) is 0.422. The van der Waals surface area contributed by atoms with Crippen molar-refractivity contribution in [2.75, 3.05) is 0 Å². The molecule has 22 heavy (non-hydrogen) atoms. The van der Waals surface area contributed by atoms with Gasteiger partial charge in [0.25, 0.3) is 0 Å². The Balaban J connectivity index is 1.86. The van der Waals surface area contributed by atoms with Gasteiger partial charge in [-0.3, -0.25) is 0 Å². The average molecular weight is 286 g/mol. The van der Waals surface area contributed by atoms with Crippen molar-refractivity contribution >= 4 is 16.4 Å². The molecule has 0 fully saturated rings. The molecule has 0 saturated heterocycles. The van der Waals surface area contributed by atoms with Crippen molar-refractivity contribution in [2.24, 2.45) is 0 Å². The van der Waals surface area contributed by atoms with Gasteiger partial charge in [-0.15, -0.1) is 0 Å². The Morgan fingerprint density at radius 3 is 2.73 bits per heavy atom. The second-order valence-corrected chi connectivity index (χ2v) is 6.38. The van der Waals surface area contributed by atoms with Crippen LogP contribution in [0.1, 0.15) is 30.4 Å². The zero-order valence-electron chi connectivity index (χ0n) is 12.5. The molecule has 108 valence electrons. The van der Waals surface area contributed by atoms with E-state index in [1.54, 1.807) is 0 Å². The van der Waals surface area contributed by atoms with Crippen molar-refractivity contribution in [1.82, 2.24) is 9.38 Å². The van der Waals surface area contributed by atoms with Crippen LogP contribution in [0.15, 0.2) is 48.8 Å². The van der Waals surface area contributed by atoms with Gasteiger partial charge in [-0.2, -0.15) is 0 Å². The summed E-state index contributed by atoms with van der Waals surface area (Å²) in [7, 11) is 0. The van der Waals surface area contributed by atoms with E-state index in [0.717, 1.165) is 11.2 Å². The van der Waals surface area contributed by atoms with Crippen molar-refractivity contribution < 1.29 is 0 Å². The molecule has 0 amide bonds. The van der Waals surface area contributed by atoms with Crippen molar-refractivity contribution in [2.45, 2.75) is 32.1 Å². The third kappa shape index (κ3) is 1.70. The number of pyridine rings is 2. The summed E-state index contributed by atoms with van der Waals surface area (Å²) in [6.07, 6.45) is 10.9. The molecule has 2 nitrogen and oxygen atoms in total. The molecule has 0 N–H and O–H groups in total. The first-order chi connectivity index (χ1) is 10.9.